The van der Waals surface area contributed by atoms with Crippen molar-refractivity contribution in [1.29, 1.82) is 0 Å². The van der Waals surface area contributed by atoms with Gasteiger partial charge in [-0.25, -0.2) is 4.68 Å². The molecular formula is C14H15Cl2N3O2. The van der Waals surface area contributed by atoms with Crippen LogP contribution in [0.15, 0.2) is 23.0 Å². The zero-order valence-electron chi connectivity index (χ0n) is 11.9. The lowest BCUT2D eigenvalue weighted by Crippen LogP contribution is -2.24. The molecule has 0 radical (unpaired) electrons. The van der Waals surface area contributed by atoms with E-state index in [4.69, 9.17) is 33.7 Å². The number of nitrogens with zero attached hydrogens (tertiary/aromatic N) is 2. The molecule has 0 amide bonds. The van der Waals surface area contributed by atoms with E-state index in [1.165, 1.54) is 16.8 Å². The first-order valence-corrected chi connectivity index (χ1v) is 7.05. The van der Waals surface area contributed by atoms with Gasteiger partial charge in [0.1, 0.15) is 0 Å². The lowest BCUT2D eigenvalue weighted by Gasteiger charge is -2.12. The molecule has 21 heavy (non-hydrogen) atoms. The summed E-state index contributed by atoms with van der Waals surface area (Å²) in [5.41, 5.74) is 6.52. The number of hydrogen-bond donors (Lipinski definition) is 1. The van der Waals surface area contributed by atoms with Gasteiger partial charge in [-0.1, -0.05) is 37.0 Å². The second-order valence-electron chi connectivity index (χ2n) is 4.94. The molecule has 5 nitrogen and oxygen atoms in total. The van der Waals surface area contributed by atoms with Crippen LogP contribution in [0.2, 0.25) is 10.0 Å². The van der Waals surface area contributed by atoms with E-state index < -0.39 is 0 Å². The van der Waals surface area contributed by atoms with E-state index >= 15 is 0 Å². The molecule has 0 fully saturated rings. The Kier molecular flexibility index (Phi) is 4.44. The molecule has 0 aliphatic rings. The highest BCUT2D eigenvalue weighted by molar-refractivity contribution is 6.37. The van der Waals surface area contributed by atoms with Crippen LogP contribution in [0.5, 0.6) is 11.6 Å². The van der Waals surface area contributed by atoms with Gasteiger partial charge in [0.15, 0.2) is 5.75 Å². The maximum absolute atomic E-state index is 12.0. The van der Waals surface area contributed by atoms with Gasteiger partial charge in [0.25, 0.3) is 5.56 Å². The second-order valence-corrected chi connectivity index (χ2v) is 5.75. The molecule has 0 atom stereocenters. The Hall–Kier alpha value is -1.72. The number of aromatic nitrogens is 2. The van der Waals surface area contributed by atoms with Crippen molar-refractivity contribution in [3.63, 3.8) is 0 Å². The Bertz CT molecular complexity index is 718. The Morgan fingerprint density at radius 1 is 1.24 bits per heavy atom. The Morgan fingerprint density at radius 2 is 1.81 bits per heavy atom. The number of hydrogen-bond acceptors (Lipinski definition) is 4. The number of halogens is 2. The summed E-state index contributed by atoms with van der Waals surface area (Å²) in [6, 6.07) is 4.66. The molecule has 0 aliphatic heterocycles. The van der Waals surface area contributed by atoms with Crippen molar-refractivity contribution in [2.24, 2.45) is 7.05 Å². The molecule has 0 unspecified atom stereocenters. The van der Waals surface area contributed by atoms with Crippen molar-refractivity contribution in [2.75, 3.05) is 5.73 Å². The molecule has 0 bridgehead atoms. The number of aryl methyl sites for hydroxylation is 1. The van der Waals surface area contributed by atoms with Gasteiger partial charge in [-0.3, -0.25) is 4.79 Å². The molecule has 2 aromatic rings. The van der Waals surface area contributed by atoms with E-state index in [1.54, 1.807) is 13.1 Å². The van der Waals surface area contributed by atoms with Crippen molar-refractivity contribution >= 4 is 28.9 Å². The lowest BCUT2D eigenvalue weighted by atomic mass is 10.1. The van der Waals surface area contributed by atoms with Crippen LogP contribution in [0, 0.1) is 0 Å². The Balaban J connectivity index is 2.48. The molecule has 0 saturated heterocycles. The van der Waals surface area contributed by atoms with Crippen LogP contribution in [-0.4, -0.2) is 9.78 Å². The van der Waals surface area contributed by atoms with Gasteiger partial charge in [0, 0.05) is 24.4 Å². The van der Waals surface area contributed by atoms with Crippen molar-refractivity contribution in [3.05, 3.63) is 44.2 Å². The molecule has 1 aromatic carbocycles. The van der Waals surface area contributed by atoms with E-state index in [0.717, 1.165) is 0 Å². The zero-order chi connectivity index (χ0) is 15.7. The average molecular weight is 328 g/mol. The van der Waals surface area contributed by atoms with Gasteiger partial charge >= 0.3 is 0 Å². The third-order valence-corrected chi connectivity index (χ3v) is 3.48. The third-order valence-electron chi connectivity index (χ3n) is 2.92. The number of benzene rings is 1. The van der Waals surface area contributed by atoms with Crippen molar-refractivity contribution in [1.82, 2.24) is 9.78 Å². The minimum absolute atomic E-state index is 0.0476. The maximum atomic E-state index is 12.0. The van der Waals surface area contributed by atoms with Gasteiger partial charge in [-0.05, 0) is 18.1 Å². The number of anilines is 1. The fourth-order valence-corrected chi connectivity index (χ4v) is 2.43. The largest absolute Gasteiger partial charge is 0.434 e. The minimum atomic E-state index is -0.160. The van der Waals surface area contributed by atoms with Gasteiger partial charge < -0.3 is 10.5 Å². The first-order valence-electron chi connectivity index (χ1n) is 6.30. The van der Waals surface area contributed by atoms with Gasteiger partial charge in [0.05, 0.1) is 10.0 Å². The highest BCUT2D eigenvalue weighted by atomic mass is 35.5. The van der Waals surface area contributed by atoms with Gasteiger partial charge in [0.2, 0.25) is 5.88 Å². The van der Waals surface area contributed by atoms with Crippen LogP contribution in [0.1, 0.15) is 25.3 Å². The normalized spacial score (nSPS) is 11.0. The third kappa shape index (κ3) is 3.31. The highest BCUT2D eigenvalue weighted by Crippen LogP contribution is 2.37. The molecule has 0 spiro atoms. The summed E-state index contributed by atoms with van der Waals surface area (Å²) >= 11 is 12.1. The Labute approximate surface area is 132 Å². The summed E-state index contributed by atoms with van der Waals surface area (Å²) in [4.78, 5) is 12.0. The topological polar surface area (TPSA) is 70.1 Å². The quantitative estimate of drug-likeness (QED) is 0.874. The second kappa shape index (κ2) is 5.95. The first kappa shape index (κ1) is 15.7. The van der Waals surface area contributed by atoms with Gasteiger partial charge in [-0.2, -0.15) is 0 Å². The zero-order valence-corrected chi connectivity index (χ0v) is 13.4. The number of nitrogens with two attached hydrogens (primary N) is 1. The summed E-state index contributed by atoms with van der Waals surface area (Å²) in [5.74, 6) is 0.550. The Morgan fingerprint density at radius 3 is 2.33 bits per heavy atom. The highest BCUT2D eigenvalue weighted by Gasteiger charge is 2.14. The van der Waals surface area contributed by atoms with E-state index in [-0.39, 0.29) is 33.2 Å². The van der Waals surface area contributed by atoms with E-state index in [0.29, 0.717) is 11.3 Å². The van der Waals surface area contributed by atoms with Crippen molar-refractivity contribution < 1.29 is 4.74 Å². The van der Waals surface area contributed by atoms with Crippen LogP contribution < -0.4 is 16.0 Å². The molecule has 2 N–H and O–H groups in total. The van der Waals surface area contributed by atoms with Crippen LogP contribution in [0.25, 0.3) is 0 Å². The van der Waals surface area contributed by atoms with E-state index in [9.17, 15) is 4.79 Å². The summed E-state index contributed by atoms with van der Waals surface area (Å²) in [6.07, 6.45) is 0. The number of ether oxygens (including phenoxy) is 1. The van der Waals surface area contributed by atoms with E-state index in [2.05, 4.69) is 5.10 Å². The molecular weight excluding hydrogens is 313 g/mol. The fourth-order valence-electron chi connectivity index (χ4n) is 1.85. The number of nitrogen functional groups attached to an aromatic ring is 1. The predicted molar refractivity (Wildman–Crippen MR) is 84.5 cm³/mol. The molecule has 7 heteroatoms. The van der Waals surface area contributed by atoms with Crippen LogP contribution in [0.4, 0.5) is 5.69 Å². The molecule has 112 valence electrons. The molecule has 0 aliphatic carbocycles. The van der Waals surface area contributed by atoms with Crippen molar-refractivity contribution in [3.8, 4) is 11.6 Å². The fraction of sp³-hybridized carbons (Fsp3) is 0.286. The lowest BCUT2D eigenvalue weighted by molar-refractivity contribution is 0.438. The smallest absolute Gasteiger partial charge is 0.270 e. The van der Waals surface area contributed by atoms with Crippen LogP contribution >= 0.6 is 23.2 Å². The monoisotopic (exact) mass is 327 g/mol. The predicted octanol–water partition coefficient (Wildman–Crippen LogP) is 3.59. The van der Waals surface area contributed by atoms with Gasteiger partial charge in [-0.15, -0.1) is 5.10 Å². The number of rotatable bonds is 3. The van der Waals surface area contributed by atoms with Crippen molar-refractivity contribution in [2.45, 2.75) is 19.8 Å². The summed E-state index contributed by atoms with van der Waals surface area (Å²) in [5, 5.41) is 4.61. The minimum Gasteiger partial charge on any atom is -0.434 e. The summed E-state index contributed by atoms with van der Waals surface area (Å²) in [6.45, 7) is 3.84. The van der Waals surface area contributed by atoms with E-state index in [1.807, 2.05) is 13.8 Å². The molecule has 0 saturated carbocycles. The summed E-state index contributed by atoms with van der Waals surface area (Å²) in [7, 11) is 1.56. The molecule has 1 heterocycles. The standard InChI is InChI=1S/C14H15Cl2N3O2/c1-7(2)9-6-12(18-19(3)14(9)20)21-13-10(15)4-8(17)5-11(13)16/h4-7H,17H2,1-3H3. The summed E-state index contributed by atoms with van der Waals surface area (Å²) < 4.78 is 6.86. The van der Waals surface area contributed by atoms with Crippen LogP contribution in [-0.2, 0) is 7.05 Å². The molecule has 2 rings (SSSR count). The van der Waals surface area contributed by atoms with Crippen LogP contribution in [0.3, 0.4) is 0 Å². The SMILES string of the molecule is CC(C)c1cc(Oc2c(Cl)cc(N)cc2Cl)nn(C)c1=O. The first-order chi connectivity index (χ1) is 9.79. The average Bonchev–Trinajstić information content (AvgIpc) is 2.37. The maximum Gasteiger partial charge on any atom is 0.270 e. The molecule has 1 aromatic heterocycles.